The molecule has 1 aromatic carbocycles. The van der Waals surface area contributed by atoms with Crippen molar-refractivity contribution < 1.29 is 12.8 Å². The highest BCUT2D eigenvalue weighted by atomic mass is 32.2. The van der Waals surface area contributed by atoms with Gasteiger partial charge in [0.25, 0.3) is 5.89 Å². The zero-order valence-corrected chi connectivity index (χ0v) is 18.0. The molecule has 1 atom stereocenters. The maximum absolute atomic E-state index is 13.4. The number of benzene rings is 1. The number of hydrogen-bond acceptors (Lipinski definition) is 7. The molecule has 1 saturated heterocycles. The van der Waals surface area contributed by atoms with Crippen LogP contribution in [0.1, 0.15) is 29.5 Å². The molecule has 0 saturated carbocycles. The van der Waals surface area contributed by atoms with Crippen LogP contribution >= 0.6 is 11.3 Å². The third-order valence-electron chi connectivity index (χ3n) is 5.34. The van der Waals surface area contributed by atoms with Crippen LogP contribution in [0.15, 0.2) is 58.0 Å². The molecule has 1 fully saturated rings. The highest BCUT2D eigenvalue weighted by molar-refractivity contribution is 7.89. The van der Waals surface area contributed by atoms with E-state index >= 15 is 0 Å². The van der Waals surface area contributed by atoms with Crippen molar-refractivity contribution in [2.75, 3.05) is 13.1 Å². The Labute approximate surface area is 178 Å². The Kier molecular flexibility index (Phi) is 4.88. The van der Waals surface area contributed by atoms with E-state index in [2.05, 4.69) is 15.2 Å². The number of nitrogens with zero attached hydrogens (tertiary/aromatic N) is 4. The van der Waals surface area contributed by atoms with Crippen LogP contribution in [0.4, 0.5) is 0 Å². The van der Waals surface area contributed by atoms with E-state index in [0.717, 1.165) is 23.1 Å². The molecule has 0 spiro atoms. The number of piperidine rings is 1. The maximum atomic E-state index is 13.4. The molecule has 0 N–H and O–H groups in total. The molecule has 0 radical (unpaired) electrons. The van der Waals surface area contributed by atoms with E-state index in [1.54, 1.807) is 35.7 Å². The van der Waals surface area contributed by atoms with Gasteiger partial charge in [0.2, 0.25) is 15.9 Å². The van der Waals surface area contributed by atoms with E-state index < -0.39 is 10.0 Å². The number of sulfonamides is 1. The number of thiophene rings is 1. The lowest BCUT2D eigenvalue weighted by Gasteiger charge is -2.30. The number of aryl methyl sites for hydroxylation is 1. The molecular formula is C21H20N4O3S2. The average molecular weight is 441 g/mol. The number of hydrogen-bond donors (Lipinski definition) is 0. The van der Waals surface area contributed by atoms with Crippen molar-refractivity contribution in [3.8, 4) is 10.8 Å². The van der Waals surface area contributed by atoms with Crippen LogP contribution in [-0.2, 0) is 10.0 Å². The highest BCUT2D eigenvalue weighted by Gasteiger charge is 2.34. The number of para-hydroxylation sites is 1. The molecule has 9 heteroatoms. The fraction of sp³-hybridized carbons (Fsp3) is 0.286. The normalized spacial score (nSPS) is 18.1. The number of rotatable bonds is 4. The van der Waals surface area contributed by atoms with Crippen molar-refractivity contribution in [3.05, 3.63) is 59.4 Å². The van der Waals surface area contributed by atoms with Gasteiger partial charge in [0.05, 0.1) is 16.3 Å². The smallest absolute Gasteiger partial charge is 0.257 e. The van der Waals surface area contributed by atoms with Gasteiger partial charge in [-0.15, -0.1) is 21.5 Å². The van der Waals surface area contributed by atoms with Gasteiger partial charge in [-0.1, -0.05) is 18.2 Å². The summed E-state index contributed by atoms with van der Waals surface area (Å²) in [5, 5.41) is 9.20. The van der Waals surface area contributed by atoms with E-state index in [1.165, 1.54) is 9.18 Å². The molecule has 0 bridgehead atoms. The largest absolute Gasteiger partial charge is 0.420 e. The second kappa shape index (κ2) is 7.57. The first-order valence-electron chi connectivity index (χ1n) is 9.76. The lowest BCUT2D eigenvalue weighted by atomic mass is 10.00. The Balaban J connectivity index is 1.43. The Morgan fingerprint density at radius 2 is 2.00 bits per heavy atom. The molecule has 1 aliphatic rings. The van der Waals surface area contributed by atoms with Crippen molar-refractivity contribution in [1.82, 2.24) is 19.5 Å². The van der Waals surface area contributed by atoms with Crippen LogP contribution in [0.25, 0.3) is 21.7 Å². The van der Waals surface area contributed by atoms with Crippen LogP contribution < -0.4 is 0 Å². The van der Waals surface area contributed by atoms with E-state index in [9.17, 15) is 8.42 Å². The summed E-state index contributed by atoms with van der Waals surface area (Å²) in [4.78, 5) is 6.64. The molecule has 0 amide bonds. The van der Waals surface area contributed by atoms with Gasteiger partial charge in [0, 0.05) is 29.5 Å². The second-order valence-electron chi connectivity index (χ2n) is 7.39. The van der Waals surface area contributed by atoms with Gasteiger partial charge in [0.1, 0.15) is 4.90 Å². The quantitative estimate of drug-likeness (QED) is 0.472. The summed E-state index contributed by atoms with van der Waals surface area (Å²) in [5.41, 5.74) is 0.496. The zero-order chi connectivity index (χ0) is 20.7. The van der Waals surface area contributed by atoms with Crippen LogP contribution in [0.2, 0.25) is 0 Å². The van der Waals surface area contributed by atoms with Crippen LogP contribution in [0.3, 0.4) is 0 Å². The topological polar surface area (TPSA) is 89.2 Å². The van der Waals surface area contributed by atoms with Crippen molar-refractivity contribution in [1.29, 1.82) is 0 Å². The van der Waals surface area contributed by atoms with Gasteiger partial charge in [-0.3, -0.25) is 4.98 Å². The Bertz CT molecular complexity index is 1310. The van der Waals surface area contributed by atoms with Crippen LogP contribution in [0.5, 0.6) is 0 Å². The van der Waals surface area contributed by atoms with E-state index in [4.69, 9.17) is 4.42 Å². The first kappa shape index (κ1) is 19.3. The van der Waals surface area contributed by atoms with Crippen LogP contribution in [-0.4, -0.2) is 41.0 Å². The van der Waals surface area contributed by atoms with E-state index in [0.29, 0.717) is 30.4 Å². The molecule has 0 unspecified atom stereocenters. The average Bonchev–Trinajstić information content (AvgIpc) is 3.42. The van der Waals surface area contributed by atoms with E-state index in [1.807, 2.05) is 31.2 Å². The molecule has 1 aliphatic heterocycles. The Morgan fingerprint density at radius 1 is 1.13 bits per heavy atom. The molecule has 30 heavy (non-hydrogen) atoms. The number of aromatic nitrogens is 3. The van der Waals surface area contributed by atoms with E-state index in [-0.39, 0.29) is 10.8 Å². The monoisotopic (exact) mass is 440 g/mol. The third kappa shape index (κ3) is 3.42. The third-order valence-corrected chi connectivity index (χ3v) is 8.22. The standard InChI is InChI=1S/C21H20N4O3S2/c1-14-9-10-17(29-14)21-24-23-20(28-21)16-7-4-12-25(13-16)30(26,27)18-8-2-5-15-6-3-11-22-19(15)18/h2-3,5-6,8-11,16H,4,7,12-13H2,1H3/t16-/m0/s1. The molecule has 154 valence electrons. The second-order valence-corrected chi connectivity index (χ2v) is 10.6. The summed E-state index contributed by atoms with van der Waals surface area (Å²) < 4.78 is 34.3. The summed E-state index contributed by atoms with van der Waals surface area (Å²) in [6.45, 7) is 2.81. The van der Waals surface area contributed by atoms with Crippen LogP contribution in [0, 0.1) is 6.92 Å². The van der Waals surface area contributed by atoms with Gasteiger partial charge in [-0.05, 0) is 44.0 Å². The maximum Gasteiger partial charge on any atom is 0.257 e. The van der Waals surface area contributed by atoms with Crippen molar-refractivity contribution in [3.63, 3.8) is 0 Å². The number of fused-ring (bicyclic) bond motifs is 1. The molecule has 4 heterocycles. The van der Waals surface area contributed by atoms with Crippen molar-refractivity contribution in [2.45, 2.75) is 30.6 Å². The van der Waals surface area contributed by atoms with Gasteiger partial charge < -0.3 is 4.42 Å². The summed E-state index contributed by atoms with van der Waals surface area (Å²) >= 11 is 1.59. The lowest BCUT2D eigenvalue weighted by molar-refractivity contribution is 0.286. The Hall–Kier alpha value is -2.62. The molecule has 3 aromatic heterocycles. The molecule has 5 rings (SSSR count). The minimum atomic E-state index is -3.69. The predicted molar refractivity (Wildman–Crippen MR) is 115 cm³/mol. The number of pyridine rings is 1. The molecular weight excluding hydrogens is 420 g/mol. The minimum Gasteiger partial charge on any atom is -0.420 e. The van der Waals surface area contributed by atoms with Gasteiger partial charge in [-0.2, -0.15) is 4.31 Å². The fourth-order valence-corrected chi connectivity index (χ4v) is 6.31. The first-order valence-corrected chi connectivity index (χ1v) is 12.0. The molecule has 4 aromatic rings. The predicted octanol–water partition coefficient (Wildman–Crippen LogP) is 4.22. The molecule has 0 aliphatic carbocycles. The highest BCUT2D eigenvalue weighted by Crippen LogP contribution is 2.33. The van der Waals surface area contributed by atoms with Crippen molar-refractivity contribution >= 4 is 32.3 Å². The zero-order valence-electron chi connectivity index (χ0n) is 16.4. The molecule has 7 nitrogen and oxygen atoms in total. The van der Waals surface area contributed by atoms with Crippen molar-refractivity contribution in [2.24, 2.45) is 0 Å². The van der Waals surface area contributed by atoms with Gasteiger partial charge in [-0.25, -0.2) is 8.42 Å². The fourth-order valence-electron chi connectivity index (χ4n) is 3.83. The summed E-state index contributed by atoms with van der Waals surface area (Å²) in [6, 6.07) is 12.9. The SMILES string of the molecule is Cc1ccc(-c2nnc([C@H]3CCCN(S(=O)(=O)c4cccc5cccnc45)C3)o2)s1. The summed E-state index contributed by atoms with van der Waals surface area (Å²) in [7, 11) is -3.69. The van der Waals surface area contributed by atoms with Gasteiger partial charge in [0.15, 0.2) is 0 Å². The lowest BCUT2D eigenvalue weighted by Crippen LogP contribution is -2.39. The summed E-state index contributed by atoms with van der Waals surface area (Å²) in [6.07, 6.45) is 3.16. The minimum absolute atomic E-state index is 0.126. The van der Waals surface area contributed by atoms with Gasteiger partial charge >= 0.3 is 0 Å². The Morgan fingerprint density at radius 3 is 2.83 bits per heavy atom. The first-order chi connectivity index (χ1) is 14.5. The summed E-state index contributed by atoms with van der Waals surface area (Å²) in [5.74, 6) is 0.854.